The molecule has 1 unspecified atom stereocenters. The van der Waals surface area contributed by atoms with E-state index < -0.39 is 0 Å². The van der Waals surface area contributed by atoms with Crippen molar-refractivity contribution in [1.82, 2.24) is 14.6 Å². The highest BCUT2D eigenvalue weighted by atomic mass is 15.3. The third kappa shape index (κ3) is 2.14. The Morgan fingerprint density at radius 3 is 3.00 bits per heavy atom. The van der Waals surface area contributed by atoms with Gasteiger partial charge in [0.15, 0.2) is 5.65 Å². The molecule has 0 aromatic carbocycles. The van der Waals surface area contributed by atoms with E-state index in [1.54, 1.807) is 4.52 Å². The van der Waals surface area contributed by atoms with Gasteiger partial charge < -0.3 is 11.1 Å². The van der Waals surface area contributed by atoms with Gasteiger partial charge in [0, 0.05) is 18.8 Å². The number of fused-ring (bicyclic) bond motifs is 1. The second-order valence-corrected chi connectivity index (χ2v) is 3.93. The Morgan fingerprint density at radius 1 is 1.50 bits per heavy atom. The number of aromatic nitrogens is 3. The Kier molecular flexibility index (Phi) is 3.05. The van der Waals surface area contributed by atoms with Crippen molar-refractivity contribution in [3.63, 3.8) is 0 Å². The van der Waals surface area contributed by atoms with Crippen molar-refractivity contribution in [2.24, 2.45) is 5.73 Å². The minimum atomic E-state index is 0.235. The minimum absolute atomic E-state index is 0.235. The van der Waals surface area contributed by atoms with E-state index in [0.29, 0.717) is 12.5 Å². The van der Waals surface area contributed by atoms with Crippen LogP contribution in [-0.4, -0.2) is 27.2 Å². The average molecular weight is 219 g/mol. The Morgan fingerprint density at radius 2 is 2.31 bits per heavy atom. The summed E-state index contributed by atoms with van der Waals surface area (Å²) in [7, 11) is 0. The third-order valence-corrected chi connectivity index (χ3v) is 2.59. The molecular weight excluding hydrogens is 202 g/mol. The number of nitrogens with one attached hydrogen (secondary N) is 1. The highest BCUT2D eigenvalue weighted by molar-refractivity contribution is 5.44. The van der Waals surface area contributed by atoms with Crippen LogP contribution in [0, 0.1) is 6.92 Å². The quantitative estimate of drug-likeness (QED) is 0.810. The molecule has 1 atom stereocenters. The molecule has 5 heteroatoms. The number of hydrogen-bond acceptors (Lipinski definition) is 4. The summed E-state index contributed by atoms with van der Waals surface area (Å²) in [5.74, 6) is 0.642. The third-order valence-electron chi connectivity index (χ3n) is 2.59. The highest BCUT2D eigenvalue weighted by Crippen LogP contribution is 2.08. The summed E-state index contributed by atoms with van der Waals surface area (Å²) in [6.45, 7) is 4.71. The van der Waals surface area contributed by atoms with Crippen LogP contribution in [0.25, 0.3) is 5.65 Å². The SMILES string of the molecule is CCC(CN)Nc1nc2ccc(C)cn2n1. The van der Waals surface area contributed by atoms with Gasteiger partial charge in [0.1, 0.15) is 0 Å². The molecule has 16 heavy (non-hydrogen) atoms. The van der Waals surface area contributed by atoms with Crippen LogP contribution in [-0.2, 0) is 0 Å². The lowest BCUT2D eigenvalue weighted by Crippen LogP contribution is -2.28. The Bertz CT molecular complexity index is 472. The van der Waals surface area contributed by atoms with Crippen LogP contribution >= 0.6 is 0 Å². The number of nitrogens with zero attached hydrogens (tertiary/aromatic N) is 3. The molecule has 0 spiro atoms. The van der Waals surface area contributed by atoms with Crippen molar-refractivity contribution < 1.29 is 0 Å². The molecule has 5 nitrogen and oxygen atoms in total. The lowest BCUT2D eigenvalue weighted by atomic mass is 10.2. The summed E-state index contributed by atoms with van der Waals surface area (Å²) in [6.07, 6.45) is 2.92. The van der Waals surface area contributed by atoms with Gasteiger partial charge >= 0.3 is 0 Å². The van der Waals surface area contributed by atoms with E-state index >= 15 is 0 Å². The van der Waals surface area contributed by atoms with E-state index in [0.717, 1.165) is 17.6 Å². The zero-order valence-corrected chi connectivity index (χ0v) is 9.64. The van der Waals surface area contributed by atoms with Gasteiger partial charge in [-0.05, 0) is 25.0 Å². The first-order chi connectivity index (χ1) is 7.72. The fourth-order valence-corrected chi connectivity index (χ4v) is 1.56. The van der Waals surface area contributed by atoms with Crippen LogP contribution < -0.4 is 11.1 Å². The smallest absolute Gasteiger partial charge is 0.243 e. The van der Waals surface area contributed by atoms with Crippen molar-refractivity contribution in [3.05, 3.63) is 23.9 Å². The molecule has 2 aromatic heterocycles. The van der Waals surface area contributed by atoms with Gasteiger partial charge in [0.05, 0.1) is 0 Å². The normalized spacial score (nSPS) is 12.9. The summed E-state index contributed by atoms with van der Waals surface area (Å²) in [4.78, 5) is 4.37. The maximum absolute atomic E-state index is 5.62. The predicted molar refractivity (Wildman–Crippen MR) is 64.5 cm³/mol. The van der Waals surface area contributed by atoms with Crippen LogP contribution in [0.15, 0.2) is 18.3 Å². The maximum atomic E-state index is 5.62. The highest BCUT2D eigenvalue weighted by Gasteiger charge is 2.07. The number of aryl methyl sites for hydroxylation is 1. The second kappa shape index (κ2) is 4.49. The molecule has 0 aliphatic heterocycles. The van der Waals surface area contributed by atoms with Crippen molar-refractivity contribution in [3.8, 4) is 0 Å². The van der Waals surface area contributed by atoms with Gasteiger partial charge in [-0.2, -0.15) is 4.98 Å². The first-order valence-electron chi connectivity index (χ1n) is 5.52. The van der Waals surface area contributed by atoms with Crippen LogP contribution in [0.1, 0.15) is 18.9 Å². The van der Waals surface area contributed by atoms with E-state index in [4.69, 9.17) is 5.73 Å². The van der Waals surface area contributed by atoms with Gasteiger partial charge in [0.2, 0.25) is 5.95 Å². The molecule has 0 aliphatic carbocycles. The van der Waals surface area contributed by atoms with Gasteiger partial charge in [-0.1, -0.05) is 13.0 Å². The molecule has 0 saturated heterocycles. The lowest BCUT2D eigenvalue weighted by molar-refractivity contribution is 0.695. The van der Waals surface area contributed by atoms with Crippen molar-refractivity contribution in [2.75, 3.05) is 11.9 Å². The monoisotopic (exact) mass is 219 g/mol. The zero-order chi connectivity index (χ0) is 11.5. The molecule has 0 aliphatic rings. The molecule has 0 saturated carbocycles. The topological polar surface area (TPSA) is 68.2 Å². The summed E-state index contributed by atoms with van der Waals surface area (Å²) in [5.41, 5.74) is 7.63. The molecule has 3 N–H and O–H groups in total. The Balaban J connectivity index is 2.25. The van der Waals surface area contributed by atoms with Crippen LogP contribution in [0.2, 0.25) is 0 Å². The number of anilines is 1. The van der Waals surface area contributed by atoms with Gasteiger partial charge in [-0.25, -0.2) is 4.52 Å². The van der Waals surface area contributed by atoms with Crippen LogP contribution in [0.3, 0.4) is 0 Å². The van der Waals surface area contributed by atoms with E-state index in [1.807, 2.05) is 25.3 Å². The Labute approximate surface area is 94.7 Å². The van der Waals surface area contributed by atoms with E-state index in [1.165, 1.54) is 0 Å². The van der Waals surface area contributed by atoms with Crippen molar-refractivity contribution in [2.45, 2.75) is 26.3 Å². The molecular formula is C11H17N5. The summed E-state index contributed by atoms with van der Waals surface area (Å²) in [5, 5.41) is 7.57. The fraction of sp³-hybridized carbons (Fsp3) is 0.455. The van der Waals surface area contributed by atoms with Crippen LogP contribution in [0.4, 0.5) is 5.95 Å². The standard InChI is InChI=1S/C11H17N5/c1-3-9(6-12)13-11-14-10-5-4-8(2)7-16(10)15-11/h4-5,7,9H,3,6,12H2,1-2H3,(H,13,15). The molecule has 2 rings (SSSR count). The van der Waals surface area contributed by atoms with Gasteiger partial charge in [-0.15, -0.1) is 5.10 Å². The molecule has 0 amide bonds. The zero-order valence-electron chi connectivity index (χ0n) is 9.64. The molecule has 2 heterocycles. The van der Waals surface area contributed by atoms with Gasteiger partial charge in [-0.3, -0.25) is 0 Å². The molecule has 0 radical (unpaired) electrons. The van der Waals surface area contributed by atoms with Gasteiger partial charge in [0.25, 0.3) is 0 Å². The number of hydrogen-bond donors (Lipinski definition) is 2. The summed E-state index contributed by atoms with van der Waals surface area (Å²) < 4.78 is 1.78. The first-order valence-corrected chi connectivity index (χ1v) is 5.52. The van der Waals surface area contributed by atoms with E-state index in [9.17, 15) is 0 Å². The number of nitrogens with two attached hydrogens (primary N) is 1. The number of pyridine rings is 1. The predicted octanol–water partition coefficient (Wildman–Crippen LogP) is 1.19. The van der Waals surface area contributed by atoms with E-state index in [-0.39, 0.29) is 6.04 Å². The average Bonchev–Trinajstić information content (AvgIpc) is 2.67. The summed E-state index contributed by atoms with van der Waals surface area (Å²) >= 11 is 0. The molecule has 0 bridgehead atoms. The van der Waals surface area contributed by atoms with E-state index in [2.05, 4.69) is 22.3 Å². The first kappa shape index (κ1) is 10.9. The molecule has 0 fully saturated rings. The lowest BCUT2D eigenvalue weighted by Gasteiger charge is -2.11. The molecule has 2 aromatic rings. The summed E-state index contributed by atoms with van der Waals surface area (Å²) in [6, 6.07) is 4.21. The van der Waals surface area contributed by atoms with Crippen molar-refractivity contribution in [1.29, 1.82) is 0 Å². The number of rotatable bonds is 4. The minimum Gasteiger partial charge on any atom is -0.349 e. The van der Waals surface area contributed by atoms with Crippen LogP contribution in [0.5, 0.6) is 0 Å². The fourth-order valence-electron chi connectivity index (χ4n) is 1.56. The second-order valence-electron chi connectivity index (χ2n) is 3.93. The maximum Gasteiger partial charge on any atom is 0.243 e. The van der Waals surface area contributed by atoms with Crippen molar-refractivity contribution >= 4 is 11.6 Å². The largest absolute Gasteiger partial charge is 0.349 e. The Hall–Kier alpha value is -1.62. The molecule has 86 valence electrons.